The van der Waals surface area contributed by atoms with E-state index >= 15 is 0 Å². The summed E-state index contributed by atoms with van der Waals surface area (Å²) in [6, 6.07) is 5.06. The van der Waals surface area contributed by atoms with Gasteiger partial charge in [0.25, 0.3) is 5.91 Å². The molecule has 0 spiro atoms. The van der Waals surface area contributed by atoms with Crippen molar-refractivity contribution in [3.8, 4) is 5.75 Å². The molecule has 1 aromatic carbocycles. The zero-order valence-electron chi connectivity index (χ0n) is 26.0. The van der Waals surface area contributed by atoms with Crippen molar-refractivity contribution < 1.29 is 33.3 Å². The Hall–Kier alpha value is -3.83. The lowest BCUT2D eigenvalue weighted by molar-refractivity contribution is -0.198. The fourth-order valence-electron chi connectivity index (χ4n) is 6.08. The van der Waals surface area contributed by atoms with Gasteiger partial charge in [-0.1, -0.05) is 12.7 Å². The number of nitrogens with one attached hydrogen (secondary N) is 1. The number of fused-ring (bicyclic) bond motifs is 2. The predicted molar refractivity (Wildman–Crippen MR) is 166 cm³/mol. The molecule has 0 saturated carbocycles. The first kappa shape index (κ1) is 31.6. The standard InChI is InChI=1S/C33H44N4O7/c1-5-15-43-33(40)37-27-20-28(41-17-10-12-29(38)34-24-19-23(3)35(4)21-24)22(2)18-25(27)31(39)36-14-8-6-11-26(36)32(37)44-30-13-7-9-16-42-30/h5,18-21,26,30,32H,1,6-17H2,2-4H3,(H,34,38)/t26-,30?,32?/m0/s1. The highest BCUT2D eigenvalue weighted by atomic mass is 16.7. The van der Waals surface area contributed by atoms with Crippen LogP contribution in [0, 0.1) is 13.8 Å². The van der Waals surface area contributed by atoms with E-state index in [1.54, 1.807) is 12.1 Å². The Morgan fingerprint density at radius 3 is 2.68 bits per heavy atom. The average Bonchev–Trinajstić information content (AvgIpc) is 3.29. The number of hydrogen-bond donors (Lipinski definition) is 1. The molecular weight excluding hydrogens is 564 g/mol. The molecule has 2 fully saturated rings. The molecular formula is C33H44N4O7. The van der Waals surface area contributed by atoms with Gasteiger partial charge < -0.3 is 33.7 Å². The highest BCUT2D eigenvalue weighted by molar-refractivity contribution is 6.05. The number of amides is 3. The average molecular weight is 609 g/mol. The number of rotatable bonds is 10. The molecule has 3 aliphatic heterocycles. The molecule has 0 aliphatic carbocycles. The van der Waals surface area contributed by atoms with Crippen molar-refractivity contribution in [2.45, 2.75) is 83.8 Å². The van der Waals surface area contributed by atoms with Gasteiger partial charge in [0.1, 0.15) is 12.4 Å². The van der Waals surface area contributed by atoms with E-state index in [0.717, 1.165) is 42.6 Å². The maximum Gasteiger partial charge on any atom is 0.416 e. The number of anilines is 2. The highest BCUT2D eigenvalue weighted by Gasteiger charge is 2.46. The van der Waals surface area contributed by atoms with Crippen molar-refractivity contribution in [3.05, 3.63) is 53.9 Å². The summed E-state index contributed by atoms with van der Waals surface area (Å²) in [7, 11) is 1.93. The van der Waals surface area contributed by atoms with Crippen molar-refractivity contribution in [1.82, 2.24) is 9.47 Å². The molecule has 3 atom stereocenters. The molecule has 5 rings (SSSR count). The van der Waals surface area contributed by atoms with Gasteiger partial charge in [-0.15, -0.1) is 0 Å². The Morgan fingerprint density at radius 2 is 1.95 bits per heavy atom. The van der Waals surface area contributed by atoms with Gasteiger partial charge in [0.05, 0.1) is 29.6 Å². The summed E-state index contributed by atoms with van der Waals surface area (Å²) in [5, 5.41) is 2.92. The molecule has 2 unspecified atom stereocenters. The zero-order chi connectivity index (χ0) is 31.2. The third-order valence-electron chi connectivity index (χ3n) is 8.47. The maximum absolute atomic E-state index is 14.0. The van der Waals surface area contributed by atoms with Crippen molar-refractivity contribution in [1.29, 1.82) is 0 Å². The zero-order valence-corrected chi connectivity index (χ0v) is 26.0. The molecule has 11 heteroatoms. The summed E-state index contributed by atoms with van der Waals surface area (Å²) in [6.45, 7) is 8.98. The van der Waals surface area contributed by atoms with Gasteiger partial charge in [-0.3, -0.25) is 9.59 Å². The third-order valence-corrected chi connectivity index (χ3v) is 8.47. The van der Waals surface area contributed by atoms with Crippen LogP contribution in [0.4, 0.5) is 16.2 Å². The van der Waals surface area contributed by atoms with Crippen LogP contribution in [-0.2, 0) is 26.1 Å². The van der Waals surface area contributed by atoms with Gasteiger partial charge in [0.2, 0.25) is 5.91 Å². The number of carbonyl (C=O) groups excluding carboxylic acids is 3. The van der Waals surface area contributed by atoms with E-state index in [1.165, 1.54) is 11.0 Å². The van der Waals surface area contributed by atoms with Gasteiger partial charge >= 0.3 is 6.09 Å². The molecule has 1 N–H and O–H groups in total. The van der Waals surface area contributed by atoms with E-state index in [2.05, 4.69) is 11.9 Å². The minimum Gasteiger partial charge on any atom is -0.493 e. The van der Waals surface area contributed by atoms with E-state index in [0.29, 0.717) is 49.4 Å². The number of piperidine rings is 1. The Morgan fingerprint density at radius 1 is 1.14 bits per heavy atom. The van der Waals surface area contributed by atoms with E-state index in [4.69, 9.17) is 18.9 Å². The minimum atomic E-state index is -0.804. The Kier molecular flexibility index (Phi) is 10.3. The van der Waals surface area contributed by atoms with Crippen molar-refractivity contribution in [2.24, 2.45) is 7.05 Å². The summed E-state index contributed by atoms with van der Waals surface area (Å²) < 4.78 is 26.1. The van der Waals surface area contributed by atoms with Crippen LogP contribution in [0.15, 0.2) is 37.1 Å². The molecule has 0 bridgehead atoms. The summed E-state index contributed by atoms with van der Waals surface area (Å²) >= 11 is 0. The van der Waals surface area contributed by atoms with Crippen LogP contribution in [-0.4, -0.2) is 72.3 Å². The third kappa shape index (κ3) is 7.10. The smallest absolute Gasteiger partial charge is 0.416 e. The lowest BCUT2D eigenvalue weighted by Gasteiger charge is -2.42. The van der Waals surface area contributed by atoms with Crippen LogP contribution in [0.3, 0.4) is 0 Å². The van der Waals surface area contributed by atoms with Crippen molar-refractivity contribution in [3.63, 3.8) is 0 Å². The van der Waals surface area contributed by atoms with Gasteiger partial charge in [-0.05, 0) is 76.5 Å². The molecule has 3 aliphatic rings. The number of benzene rings is 1. The first-order chi connectivity index (χ1) is 21.3. The second-order valence-electron chi connectivity index (χ2n) is 11.7. The van der Waals surface area contributed by atoms with Crippen LogP contribution in [0.2, 0.25) is 0 Å². The van der Waals surface area contributed by atoms with E-state index in [9.17, 15) is 14.4 Å². The number of carbonyl (C=O) groups is 3. The number of hydrogen-bond acceptors (Lipinski definition) is 7. The molecule has 4 heterocycles. The summed E-state index contributed by atoms with van der Waals surface area (Å²) in [5.74, 6) is 0.273. The fourth-order valence-corrected chi connectivity index (χ4v) is 6.08. The van der Waals surface area contributed by atoms with Crippen LogP contribution in [0.25, 0.3) is 0 Å². The first-order valence-electron chi connectivity index (χ1n) is 15.6. The molecule has 1 aromatic heterocycles. The normalized spacial score (nSPS) is 21.6. The maximum atomic E-state index is 14.0. The van der Waals surface area contributed by atoms with Crippen molar-refractivity contribution in [2.75, 3.05) is 36.6 Å². The number of aryl methyl sites for hydroxylation is 3. The summed E-state index contributed by atoms with van der Waals surface area (Å²) in [6.07, 6.45) is 7.33. The van der Waals surface area contributed by atoms with Gasteiger partial charge in [-0.25, -0.2) is 9.69 Å². The second-order valence-corrected chi connectivity index (χ2v) is 11.7. The van der Waals surface area contributed by atoms with Crippen LogP contribution in [0.1, 0.15) is 73.0 Å². The fraction of sp³-hybridized carbons (Fsp3) is 0.545. The lowest BCUT2D eigenvalue weighted by Crippen LogP contribution is -2.57. The van der Waals surface area contributed by atoms with Gasteiger partial charge in [0.15, 0.2) is 12.5 Å². The van der Waals surface area contributed by atoms with Crippen molar-refractivity contribution >= 4 is 29.3 Å². The number of aromatic nitrogens is 1. The Bertz CT molecular complexity index is 1350. The van der Waals surface area contributed by atoms with Gasteiger partial charge in [0, 0.05) is 44.6 Å². The van der Waals surface area contributed by atoms with E-state index in [1.807, 2.05) is 42.6 Å². The molecule has 3 amide bonds. The highest BCUT2D eigenvalue weighted by Crippen LogP contribution is 2.40. The van der Waals surface area contributed by atoms with Crippen LogP contribution < -0.4 is 15.0 Å². The SMILES string of the molecule is C=CCOC(=O)N1c2cc(OCCCC(=O)Nc3cc(C)n(C)c3)c(C)cc2C(=O)N2CCCC[C@H]2C1OC1CCCCO1. The topological polar surface area (TPSA) is 112 Å². The van der Waals surface area contributed by atoms with Crippen LogP contribution in [0.5, 0.6) is 5.75 Å². The molecule has 238 valence electrons. The molecule has 11 nitrogen and oxygen atoms in total. The first-order valence-corrected chi connectivity index (χ1v) is 15.6. The van der Waals surface area contributed by atoms with E-state index in [-0.39, 0.29) is 37.5 Å². The summed E-state index contributed by atoms with van der Waals surface area (Å²) in [5.41, 5.74) is 3.34. The Balaban J connectivity index is 1.39. The summed E-state index contributed by atoms with van der Waals surface area (Å²) in [4.78, 5) is 43.5. The van der Waals surface area contributed by atoms with E-state index < -0.39 is 18.6 Å². The lowest BCUT2D eigenvalue weighted by atomic mass is 10.00. The molecule has 44 heavy (non-hydrogen) atoms. The molecule has 2 aromatic rings. The predicted octanol–water partition coefficient (Wildman–Crippen LogP) is 5.45. The monoisotopic (exact) mass is 608 g/mol. The molecule has 0 radical (unpaired) electrons. The largest absolute Gasteiger partial charge is 0.493 e. The minimum absolute atomic E-state index is 0.0134. The number of ether oxygens (including phenoxy) is 4. The van der Waals surface area contributed by atoms with Gasteiger partial charge in [-0.2, -0.15) is 0 Å². The molecule has 2 saturated heterocycles. The second kappa shape index (κ2) is 14.3. The Labute approximate surface area is 259 Å². The van der Waals surface area contributed by atoms with Crippen LogP contribution >= 0.6 is 0 Å². The number of nitrogens with zero attached hydrogens (tertiary/aromatic N) is 3. The quantitative estimate of drug-likeness (QED) is 0.282.